The average molecular weight is 517 g/mol. The van der Waals surface area contributed by atoms with Crippen LogP contribution in [0, 0.1) is 0 Å². The molecule has 0 fully saturated rings. The van der Waals surface area contributed by atoms with Crippen LogP contribution in [0.4, 0.5) is 0 Å². The van der Waals surface area contributed by atoms with E-state index in [-0.39, 0.29) is 19.8 Å². The molecule has 0 aliphatic rings. The Morgan fingerprint density at radius 3 is 1.23 bits per heavy atom. The highest BCUT2D eigenvalue weighted by molar-refractivity contribution is 7.86. The van der Waals surface area contributed by atoms with Gasteiger partial charge in [0.25, 0.3) is 30.4 Å². The lowest BCUT2D eigenvalue weighted by atomic mass is 10.4. The fourth-order valence-corrected chi connectivity index (χ4v) is 9.70. The van der Waals surface area contributed by atoms with E-state index in [0.717, 1.165) is 24.0 Å². The van der Waals surface area contributed by atoms with Gasteiger partial charge in [-0.25, -0.2) is 0 Å². The SMILES string of the molecule is CS(=O)(=O)OCCC[Si](CCCOS(C)(=O)=O)(CCCOS(C)(=O)=O)c1ccccc1. The summed E-state index contributed by atoms with van der Waals surface area (Å²) >= 11 is 0. The summed E-state index contributed by atoms with van der Waals surface area (Å²) in [7, 11) is -12.9. The zero-order valence-corrected chi connectivity index (χ0v) is 21.6. The number of hydrogen-bond acceptors (Lipinski definition) is 9. The van der Waals surface area contributed by atoms with E-state index in [1.54, 1.807) is 0 Å². The topological polar surface area (TPSA) is 130 Å². The Morgan fingerprint density at radius 2 is 0.935 bits per heavy atom. The molecule has 0 aromatic heterocycles. The van der Waals surface area contributed by atoms with Gasteiger partial charge in [0.2, 0.25) is 0 Å². The summed E-state index contributed by atoms with van der Waals surface area (Å²) in [5, 5.41) is 1.13. The van der Waals surface area contributed by atoms with Crippen molar-refractivity contribution in [2.45, 2.75) is 37.4 Å². The fraction of sp³-hybridized carbons (Fsp3) is 0.667. The third-order valence-corrected chi connectivity index (χ3v) is 12.0. The minimum absolute atomic E-state index is 0.0557. The maximum absolute atomic E-state index is 11.3. The van der Waals surface area contributed by atoms with E-state index in [4.69, 9.17) is 12.5 Å². The van der Waals surface area contributed by atoms with Crippen LogP contribution in [0.1, 0.15) is 19.3 Å². The van der Waals surface area contributed by atoms with Gasteiger partial charge >= 0.3 is 0 Å². The van der Waals surface area contributed by atoms with Gasteiger partial charge in [0.15, 0.2) is 0 Å². The zero-order valence-electron chi connectivity index (χ0n) is 18.1. The van der Waals surface area contributed by atoms with Gasteiger partial charge in [-0.1, -0.05) is 53.7 Å². The largest absolute Gasteiger partial charge is 0.270 e. The smallest absolute Gasteiger partial charge is 0.264 e. The van der Waals surface area contributed by atoms with Crippen LogP contribution >= 0.6 is 0 Å². The summed E-state index contributed by atoms with van der Waals surface area (Å²) in [5.41, 5.74) is 0. The Balaban J connectivity index is 2.99. The fourth-order valence-electron chi connectivity index (χ4n) is 3.46. The van der Waals surface area contributed by atoms with Crippen molar-refractivity contribution in [2.75, 3.05) is 38.6 Å². The quantitative estimate of drug-likeness (QED) is 0.182. The summed E-state index contributed by atoms with van der Waals surface area (Å²) in [6.45, 7) is 0.167. The van der Waals surface area contributed by atoms with Crippen molar-refractivity contribution in [1.82, 2.24) is 0 Å². The summed E-state index contributed by atoms with van der Waals surface area (Å²) in [4.78, 5) is 0. The van der Waals surface area contributed by atoms with Gasteiger partial charge in [0, 0.05) is 0 Å². The van der Waals surface area contributed by atoms with E-state index < -0.39 is 38.4 Å². The second-order valence-corrected chi connectivity index (χ2v) is 17.1. The highest BCUT2D eigenvalue weighted by Gasteiger charge is 2.34. The van der Waals surface area contributed by atoms with Crippen LogP contribution in [-0.2, 0) is 42.9 Å². The predicted molar refractivity (Wildman–Crippen MR) is 122 cm³/mol. The normalized spacial score (nSPS) is 13.4. The molecule has 31 heavy (non-hydrogen) atoms. The predicted octanol–water partition coefficient (Wildman–Crippen LogP) is 1.44. The molecule has 0 spiro atoms. The summed E-state index contributed by atoms with van der Waals surface area (Å²) in [6.07, 6.45) is 4.52. The lowest BCUT2D eigenvalue weighted by Gasteiger charge is -2.33. The monoisotopic (exact) mass is 516 g/mol. The minimum atomic E-state index is -3.54. The van der Waals surface area contributed by atoms with Gasteiger partial charge < -0.3 is 0 Å². The molecule has 0 saturated heterocycles. The van der Waals surface area contributed by atoms with Crippen LogP contribution in [0.15, 0.2) is 30.3 Å². The number of benzene rings is 1. The van der Waals surface area contributed by atoms with Crippen molar-refractivity contribution >= 4 is 43.6 Å². The van der Waals surface area contributed by atoms with Crippen molar-refractivity contribution in [3.05, 3.63) is 30.3 Å². The second-order valence-electron chi connectivity index (χ2n) is 7.54. The van der Waals surface area contributed by atoms with Crippen LogP contribution in [0.5, 0.6) is 0 Å². The van der Waals surface area contributed by atoms with Gasteiger partial charge in [0.05, 0.1) is 46.7 Å². The maximum atomic E-state index is 11.3. The van der Waals surface area contributed by atoms with Crippen molar-refractivity contribution in [3.8, 4) is 0 Å². The molecule has 9 nitrogen and oxygen atoms in total. The molecule has 0 atom stereocenters. The lowest BCUT2D eigenvalue weighted by molar-refractivity contribution is 0.317. The second kappa shape index (κ2) is 12.4. The molecule has 0 N–H and O–H groups in total. The van der Waals surface area contributed by atoms with Crippen molar-refractivity contribution < 1.29 is 37.8 Å². The Morgan fingerprint density at radius 1 is 0.613 bits per heavy atom. The molecule has 1 aromatic carbocycles. The Labute approximate surface area is 187 Å². The van der Waals surface area contributed by atoms with E-state index in [9.17, 15) is 25.3 Å². The van der Waals surface area contributed by atoms with Gasteiger partial charge in [-0.15, -0.1) is 0 Å². The Hall–Kier alpha value is -0.833. The molecular formula is C18H32O9S3Si. The van der Waals surface area contributed by atoms with Crippen LogP contribution in [0.2, 0.25) is 18.1 Å². The average Bonchev–Trinajstić information content (AvgIpc) is 2.63. The van der Waals surface area contributed by atoms with Crippen molar-refractivity contribution in [1.29, 1.82) is 0 Å². The first-order valence-electron chi connectivity index (χ1n) is 9.81. The first kappa shape index (κ1) is 28.2. The molecule has 180 valence electrons. The zero-order chi connectivity index (χ0) is 23.6. The van der Waals surface area contributed by atoms with Crippen LogP contribution in [-0.4, -0.2) is 71.9 Å². The molecule has 0 aliphatic heterocycles. The van der Waals surface area contributed by atoms with E-state index in [2.05, 4.69) is 0 Å². The molecule has 0 saturated carbocycles. The first-order chi connectivity index (χ1) is 14.2. The highest BCUT2D eigenvalue weighted by atomic mass is 32.2. The molecule has 1 aromatic rings. The van der Waals surface area contributed by atoms with E-state index in [1.807, 2.05) is 30.3 Å². The molecule has 0 unspecified atom stereocenters. The van der Waals surface area contributed by atoms with Crippen LogP contribution in [0.3, 0.4) is 0 Å². The standard InChI is InChI=1S/C18H32O9S3Si/c1-28(19,20)25-12-7-15-31(18-10-5-4-6-11-18,16-8-13-26-29(2,21)22)17-9-14-27-30(3,23)24/h4-6,10-11H,7-9,12-17H2,1-3H3. The molecular weight excluding hydrogens is 484 g/mol. The van der Waals surface area contributed by atoms with E-state index >= 15 is 0 Å². The molecule has 13 heteroatoms. The first-order valence-corrected chi connectivity index (χ1v) is 17.9. The summed E-state index contributed by atoms with van der Waals surface area (Å²) in [5.74, 6) is 0. The van der Waals surface area contributed by atoms with E-state index in [1.165, 1.54) is 0 Å². The molecule has 0 amide bonds. The third-order valence-electron chi connectivity index (χ3n) is 4.68. The molecule has 0 heterocycles. The van der Waals surface area contributed by atoms with E-state index in [0.29, 0.717) is 37.4 Å². The van der Waals surface area contributed by atoms with Crippen molar-refractivity contribution in [2.24, 2.45) is 0 Å². The maximum Gasteiger partial charge on any atom is 0.264 e. The summed E-state index contributed by atoms with van der Waals surface area (Å²) in [6, 6.07) is 11.9. The Kier molecular flexibility index (Phi) is 11.3. The van der Waals surface area contributed by atoms with Gasteiger partial charge in [-0.3, -0.25) is 12.5 Å². The Bertz CT molecular complexity index is 878. The van der Waals surface area contributed by atoms with Gasteiger partial charge in [-0.05, 0) is 19.3 Å². The molecule has 0 radical (unpaired) electrons. The molecule has 1 rings (SSSR count). The van der Waals surface area contributed by atoms with Gasteiger partial charge in [0.1, 0.15) is 0 Å². The number of hydrogen-bond donors (Lipinski definition) is 0. The van der Waals surface area contributed by atoms with Crippen LogP contribution in [0.25, 0.3) is 0 Å². The van der Waals surface area contributed by atoms with Crippen molar-refractivity contribution in [3.63, 3.8) is 0 Å². The molecule has 0 bridgehead atoms. The highest BCUT2D eigenvalue weighted by Crippen LogP contribution is 2.27. The summed E-state index contributed by atoms with van der Waals surface area (Å²) < 4.78 is 82.3. The lowest BCUT2D eigenvalue weighted by Crippen LogP contribution is -2.48. The van der Waals surface area contributed by atoms with Crippen LogP contribution < -0.4 is 5.19 Å². The van der Waals surface area contributed by atoms with Gasteiger partial charge in [-0.2, -0.15) is 25.3 Å². The third kappa shape index (κ3) is 13.3. The molecule has 0 aliphatic carbocycles. The minimum Gasteiger partial charge on any atom is -0.270 e. The number of rotatable bonds is 16.